The van der Waals surface area contributed by atoms with Gasteiger partial charge in [-0.2, -0.15) is 0 Å². The smallest absolute Gasteiger partial charge is 0.254 e. The van der Waals surface area contributed by atoms with E-state index in [1.807, 2.05) is 5.32 Å². The van der Waals surface area contributed by atoms with Crippen molar-refractivity contribution in [3.05, 3.63) is 48.4 Å². The molecule has 4 rings (SSSR count). The Hall–Kier alpha value is -4.06. The molecule has 4 N–H and O–H groups in total. The van der Waals surface area contributed by atoms with Crippen molar-refractivity contribution >= 4 is 38.7 Å². The number of methoxy groups -OCH3 is 1. The number of para-hydroxylation sites is 1. The molecule has 12 heteroatoms. The van der Waals surface area contributed by atoms with Crippen molar-refractivity contribution < 1.29 is 22.6 Å². The summed E-state index contributed by atoms with van der Waals surface area (Å²) in [5, 5.41) is 7.33. The van der Waals surface area contributed by atoms with Gasteiger partial charge in [-0.05, 0) is 38.8 Å². The number of nitrogens with one attached hydrogen (secondary N) is 4. The summed E-state index contributed by atoms with van der Waals surface area (Å²) in [7, 11) is -1.63. The molecule has 1 fully saturated rings. The van der Waals surface area contributed by atoms with E-state index in [0.717, 1.165) is 12.8 Å². The minimum atomic E-state index is -3.06. The minimum Gasteiger partial charge on any atom is -0.494 e. The average molecular weight is 527 g/mol. The number of aromatic nitrogens is 3. The lowest BCUT2D eigenvalue weighted by molar-refractivity contribution is -0.117. The Morgan fingerprint density at radius 3 is 2.51 bits per heavy atom. The Bertz CT molecular complexity index is 1540. The maximum absolute atomic E-state index is 12.8. The van der Waals surface area contributed by atoms with Crippen molar-refractivity contribution in [1.82, 2.24) is 20.3 Å². The highest BCUT2D eigenvalue weighted by Crippen LogP contribution is 2.37. The van der Waals surface area contributed by atoms with Gasteiger partial charge in [-0.15, -0.1) is 0 Å². The molecule has 0 saturated heterocycles. The fourth-order valence-electron chi connectivity index (χ4n) is 3.51. The number of nitrogens with zero attached hydrogens (tertiary/aromatic N) is 3. The molecule has 11 nitrogen and oxygen atoms in total. The second-order valence-electron chi connectivity index (χ2n) is 8.74. The molecule has 0 aliphatic heterocycles. The van der Waals surface area contributed by atoms with Crippen molar-refractivity contribution in [3.8, 4) is 17.1 Å². The molecule has 2 amide bonds. The number of pyridine rings is 1. The Kier molecular flexibility index (Phi) is 6.29. The van der Waals surface area contributed by atoms with Gasteiger partial charge >= 0.3 is 0 Å². The molecule has 1 aromatic carbocycles. The Balaban J connectivity index is 1.72. The first kappa shape index (κ1) is 22.2. The summed E-state index contributed by atoms with van der Waals surface area (Å²) in [6.07, 6.45) is 5.47. The molecule has 2 heterocycles. The fraction of sp³-hybridized carbons (Fsp3) is 0.320. The van der Waals surface area contributed by atoms with Crippen LogP contribution in [0.1, 0.15) is 41.2 Å². The lowest BCUT2D eigenvalue weighted by atomic mass is 10.1. The standard InChI is InChI=1S/C25H29N7O4S/c1-14(2)37(26,35)16-11-29-23(30-12-16)17-6-5-7-19(22(17)36-4)31-20-10-21(32-24(33)15-8-9-15)28-13-18(20)25(34)27-3/h5-7,10-15,26H,8-9H2,1-4H3,(H,27,34)(H2,28,31,32,33)/i3D3. The van der Waals surface area contributed by atoms with Crippen molar-refractivity contribution in [1.29, 1.82) is 4.78 Å². The van der Waals surface area contributed by atoms with Crippen LogP contribution in [0.15, 0.2) is 47.8 Å². The highest BCUT2D eigenvalue weighted by molar-refractivity contribution is 7.93. The van der Waals surface area contributed by atoms with Gasteiger partial charge in [0.1, 0.15) is 5.82 Å². The number of amides is 2. The number of anilines is 3. The predicted molar refractivity (Wildman–Crippen MR) is 141 cm³/mol. The SMILES string of the molecule is [2H]C([2H])([2H])NC(=O)c1cnc(NC(=O)C2CC2)cc1Nc1cccc(-c2ncc(S(=N)(=O)C(C)C)cn2)c1OC. The zero-order chi connectivity index (χ0) is 29.2. The molecule has 1 unspecified atom stereocenters. The maximum Gasteiger partial charge on any atom is 0.254 e. The third-order valence-electron chi connectivity index (χ3n) is 5.83. The van der Waals surface area contributed by atoms with Gasteiger partial charge in [-0.1, -0.05) is 6.07 Å². The van der Waals surface area contributed by atoms with E-state index in [-0.39, 0.29) is 39.6 Å². The van der Waals surface area contributed by atoms with E-state index in [1.54, 1.807) is 32.0 Å². The second kappa shape index (κ2) is 10.5. The molecule has 1 atom stereocenters. The predicted octanol–water partition coefficient (Wildman–Crippen LogP) is 3.81. The average Bonchev–Trinajstić information content (AvgIpc) is 3.73. The van der Waals surface area contributed by atoms with Crippen LogP contribution in [0, 0.1) is 10.7 Å². The number of benzene rings is 1. The zero-order valence-electron chi connectivity index (χ0n) is 23.5. The highest BCUT2D eigenvalue weighted by Gasteiger charge is 2.30. The summed E-state index contributed by atoms with van der Waals surface area (Å²) >= 11 is 0. The van der Waals surface area contributed by atoms with Crippen LogP contribution in [0.3, 0.4) is 0 Å². The zero-order valence-corrected chi connectivity index (χ0v) is 21.3. The largest absolute Gasteiger partial charge is 0.494 e. The van der Waals surface area contributed by atoms with E-state index in [2.05, 4.69) is 25.6 Å². The van der Waals surface area contributed by atoms with Gasteiger partial charge in [0.05, 0.1) is 44.2 Å². The van der Waals surface area contributed by atoms with E-state index in [4.69, 9.17) is 13.6 Å². The number of hydrogen-bond acceptors (Lipinski definition) is 9. The third-order valence-corrected chi connectivity index (χ3v) is 8.07. The Morgan fingerprint density at radius 1 is 1.16 bits per heavy atom. The van der Waals surface area contributed by atoms with Gasteiger partial charge in [0.2, 0.25) is 5.91 Å². The van der Waals surface area contributed by atoms with Gasteiger partial charge in [0, 0.05) is 46.9 Å². The summed E-state index contributed by atoms with van der Waals surface area (Å²) in [5.74, 6) is -0.434. The van der Waals surface area contributed by atoms with E-state index < -0.39 is 27.9 Å². The Labute approximate surface area is 219 Å². The van der Waals surface area contributed by atoms with Crippen molar-refractivity contribution in [2.45, 2.75) is 36.8 Å². The lowest BCUT2D eigenvalue weighted by Crippen LogP contribution is -2.20. The Morgan fingerprint density at radius 2 is 1.89 bits per heavy atom. The molecule has 1 saturated carbocycles. The lowest BCUT2D eigenvalue weighted by Gasteiger charge is -2.17. The van der Waals surface area contributed by atoms with Crippen LogP contribution in [0.5, 0.6) is 5.75 Å². The molecule has 194 valence electrons. The molecule has 0 bridgehead atoms. The normalized spacial score (nSPS) is 16.1. The fourth-order valence-corrected chi connectivity index (χ4v) is 4.47. The van der Waals surface area contributed by atoms with E-state index in [0.29, 0.717) is 17.0 Å². The van der Waals surface area contributed by atoms with Crippen LogP contribution in [0.2, 0.25) is 0 Å². The summed E-state index contributed by atoms with van der Waals surface area (Å²) in [5.41, 5.74) is 0.936. The van der Waals surface area contributed by atoms with Crippen LogP contribution in [-0.4, -0.2) is 50.3 Å². The van der Waals surface area contributed by atoms with Crippen LogP contribution >= 0.6 is 0 Å². The number of carbonyl (C=O) groups excluding carboxylic acids is 2. The van der Waals surface area contributed by atoms with Gasteiger partial charge in [0.25, 0.3) is 5.91 Å². The van der Waals surface area contributed by atoms with Gasteiger partial charge in [0.15, 0.2) is 11.6 Å². The topological polar surface area (TPSA) is 159 Å². The molecule has 1 aliphatic rings. The molecule has 37 heavy (non-hydrogen) atoms. The monoisotopic (exact) mass is 526 g/mol. The van der Waals surface area contributed by atoms with E-state index in [9.17, 15) is 13.8 Å². The number of hydrogen-bond donors (Lipinski definition) is 4. The highest BCUT2D eigenvalue weighted by atomic mass is 32.2. The third kappa shape index (κ3) is 5.53. The molecular weight excluding hydrogens is 494 g/mol. The van der Waals surface area contributed by atoms with Gasteiger partial charge in [-0.3, -0.25) is 9.59 Å². The van der Waals surface area contributed by atoms with Crippen molar-refractivity contribution in [2.24, 2.45) is 5.92 Å². The van der Waals surface area contributed by atoms with Crippen molar-refractivity contribution in [2.75, 3.05) is 24.7 Å². The first-order chi connectivity index (χ1) is 18.8. The summed E-state index contributed by atoms with van der Waals surface area (Å²) in [6.45, 7) is 0.651. The van der Waals surface area contributed by atoms with E-state index in [1.165, 1.54) is 31.8 Å². The van der Waals surface area contributed by atoms with Gasteiger partial charge in [-0.25, -0.2) is 23.9 Å². The van der Waals surface area contributed by atoms with Crippen molar-refractivity contribution in [3.63, 3.8) is 0 Å². The minimum absolute atomic E-state index is 0.0764. The van der Waals surface area contributed by atoms with Crippen LogP contribution in [-0.2, 0) is 14.5 Å². The quantitative estimate of drug-likeness (QED) is 0.327. The number of carbonyl (C=O) groups is 2. The maximum atomic E-state index is 12.8. The first-order valence-electron chi connectivity index (χ1n) is 13.0. The number of rotatable bonds is 9. The molecule has 3 aromatic rings. The second-order valence-corrected chi connectivity index (χ2v) is 11.4. The van der Waals surface area contributed by atoms with Crippen LogP contribution in [0.4, 0.5) is 17.2 Å². The molecule has 1 aliphatic carbocycles. The van der Waals surface area contributed by atoms with Gasteiger partial charge < -0.3 is 20.7 Å². The summed E-state index contributed by atoms with van der Waals surface area (Å²) < 4.78 is 48.7. The first-order valence-corrected chi connectivity index (χ1v) is 13.1. The summed E-state index contributed by atoms with van der Waals surface area (Å²) in [4.78, 5) is 38.0. The summed E-state index contributed by atoms with van der Waals surface area (Å²) in [6, 6.07) is 6.50. The van der Waals surface area contributed by atoms with E-state index >= 15 is 0 Å². The molecular formula is C25H29N7O4S. The van der Waals surface area contributed by atoms with Crippen LogP contribution in [0.25, 0.3) is 11.4 Å². The number of ether oxygens (including phenoxy) is 1. The molecule has 0 radical (unpaired) electrons. The van der Waals surface area contributed by atoms with Crippen LogP contribution < -0.4 is 20.7 Å². The molecule has 0 spiro atoms. The molecule has 2 aromatic heterocycles.